The lowest BCUT2D eigenvalue weighted by Gasteiger charge is -2.19. The number of hydrogen-bond donors (Lipinski definition) is 2. The zero-order chi connectivity index (χ0) is 16.3. The highest BCUT2D eigenvalue weighted by atomic mass is 32.2. The molecule has 1 amide bonds. The van der Waals surface area contributed by atoms with Crippen molar-refractivity contribution >= 4 is 27.4 Å². The molecule has 1 rings (SSSR count). The van der Waals surface area contributed by atoms with Gasteiger partial charge in [0.25, 0.3) is 0 Å². The molecule has 116 valence electrons. The van der Waals surface area contributed by atoms with Crippen LogP contribution in [0.5, 0.6) is 0 Å². The Morgan fingerprint density at radius 1 is 1.19 bits per heavy atom. The minimum absolute atomic E-state index is 0.0911. The van der Waals surface area contributed by atoms with Crippen LogP contribution in [-0.4, -0.2) is 36.9 Å². The van der Waals surface area contributed by atoms with Crippen molar-refractivity contribution < 1.29 is 23.1 Å². The Balaban J connectivity index is 2.81. The zero-order valence-electron chi connectivity index (χ0n) is 12.2. The number of rotatable bonds is 6. The molecular formula is C14H19NO5S. The summed E-state index contributed by atoms with van der Waals surface area (Å²) in [6.45, 7) is 4.64. The van der Waals surface area contributed by atoms with E-state index < -0.39 is 32.9 Å². The SMILES string of the molecule is CCS(=O)(=O)CC(=O)Nc1ccc(C(C)(C)C(=O)O)cc1. The van der Waals surface area contributed by atoms with Gasteiger partial charge in [-0.1, -0.05) is 19.1 Å². The second-order valence-corrected chi connectivity index (χ2v) is 7.59. The number of hydrogen-bond acceptors (Lipinski definition) is 4. The molecule has 2 N–H and O–H groups in total. The van der Waals surface area contributed by atoms with Crippen LogP contribution in [0.3, 0.4) is 0 Å². The molecule has 0 aromatic heterocycles. The van der Waals surface area contributed by atoms with Crippen molar-refractivity contribution in [1.82, 2.24) is 0 Å². The van der Waals surface area contributed by atoms with Gasteiger partial charge in [-0.2, -0.15) is 0 Å². The predicted molar refractivity (Wildman–Crippen MR) is 80.1 cm³/mol. The number of carboxylic acids is 1. The topological polar surface area (TPSA) is 101 Å². The van der Waals surface area contributed by atoms with Gasteiger partial charge in [-0.3, -0.25) is 9.59 Å². The van der Waals surface area contributed by atoms with E-state index in [1.807, 2.05) is 0 Å². The Morgan fingerprint density at radius 2 is 1.71 bits per heavy atom. The molecule has 0 atom stereocenters. The zero-order valence-corrected chi connectivity index (χ0v) is 13.0. The van der Waals surface area contributed by atoms with Crippen molar-refractivity contribution in [3.05, 3.63) is 29.8 Å². The summed E-state index contributed by atoms with van der Waals surface area (Å²) in [5.41, 5.74) is -0.0147. The quantitative estimate of drug-likeness (QED) is 0.827. The van der Waals surface area contributed by atoms with Crippen molar-refractivity contribution in [2.24, 2.45) is 0 Å². The molecule has 0 aliphatic heterocycles. The van der Waals surface area contributed by atoms with Crippen LogP contribution >= 0.6 is 0 Å². The van der Waals surface area contributed by atoms with Gasteiger partial charge >= 0.3 is 5.97 Å². The maximum absolute atomic E-state index is 11.6. The van der Waals surface area contributed by atoms with Crippen LogP contribution in [0.25, 0.3) is 0 Å². The summed E-state index contributed by atoms with van der Waals surface area (Å²) < 4.78 is 22.7. The van der Waals surface area contributed by atoms with Gasteiger partial charge in [0.15, 0.2) is 9.84 Å². The minimum Gasteiger partial charge on any atom is -0.481 e. The summed E-state index contributed by atoms with van der Waals surface area (Å²) in [5, 5.41) is 11.6. The Morgan fingerprint density at radius 3 is 2.14 bits per heavy atom. The Labute approximate surface area is 124 Å². The summed E-state index contributed by atoms with van der Waals surface area (Å²) >= 11 is 0. The van der Waals surface area contributed by atoms with Crippen LogP contribution in [0.15, 0.2) is 24.3 Å². The average molecular weight is 313 g/mol. The molecule has 0 aliphatic carbocycles. The molecule has 0 heterocycles. The van der Waals surface area contributed by atoms with Crippen molar-refractivity contribution in [3.63, 3.8) is 0 Å². The number of anilines is 1. The van der Waals surface area contributed by atoms with Crippen LogP contribution in [0, 0.1) is 0 Å². The summed E-state index contributed by atoms with van der Waals surface area (Å²) in [6.07, 6.45) is 0. The van der Waals surface area contributed by atoms with E-state index in [2.05, 4.69) is 5.32 Å². The summed E-state index contributed by atoms with van der Waals surface area (Å²) in [6, 6.07) is 6.29. The third kappa shape index (κ3) is 4.56. The van der Waals surface area contributed by atoms with Crippen LogP contribution < -0.4 is 5.32 Å². The molecule has 0 fully saturated rings. The van der Waals surface area contributed by atoms with Crippen LogP contribution in [0.1, 0.15) is 26.3 Å². The molecule has 7 heteroatoms. The van der Waals surface area contributed by atoms with Gasteiger partial charge in [0.2, 0.25) is 5.91 Å². The highest BCUT2D eigenvalue weighted by Crippen LogP contribution is 2.24. The molecule has 21 heavy (non-hydrogen) atoms. The normalized spacial score (nSPS) is 12.0. The molecule has 0 aliphatic rings. The molecule has 0 bridgehead atoms. The van der Waals surface area contributed by atoms with Crippen molar-refractivity contribution in [2.75, 3.05) is 16.8 Å². The summed E-state index contributed by atoms with van der Waals surface area (Å²) in [7, 11) is -3.37. The average Bonchev–Trinajstić information content (AvgIpc) is 2.38. The van der Waals surface area contributed by atoms with E-state index in [-0.39, 0.29) is 5.75 Å². The van der Waals surface area contributed by atoms with Crippen LogP contribution in [0.2, 0.25) is 0 Å². The van der Waals surface area contributed by atoms with Crippen LogP contribution in [0.4, 0.5) is 5.69 Å². The van der Waals surface area contributed by atoms with Crippen molar-refractivity contribution in [3.8, 4) is 0 Å². The minimum atomic E-state index is -3.37. The van der Waals surface area contributed by atoms with Gasteiger partial charge < -0.3 is 10.4 Å². The number of amides is 1. The molecular weight excluding hydrogens is 294 g/mol. The molecule has 1 aromatic rings. The standard InChI is InChI=1S/C14H19NO5S/c1-4-21(19,20)9-12(16)15-11-7-5-10(6-8-11)14(2,3)13(17)18/h5-8H,4,9H2,1-3H3,(H,15,16)(H,17,18). The van der Waals surface area contributed by atoms with Gasteiger partial charge in [-0.15, -0.1) is 0 Å². The highest BCUT2D eigenvalue weighted by Gasteiger charge is 2.29. The number of carboxylic acid groups (broad SMARTS) is 1. The van der Waals surface area contributed by atoms with Gasteiger partial charge in [-0.05, 0) is 31.5 Å². The molecule has 6 nitrogen and oxygen atoms in total. The van der Waals surface area contributed by atoms with E-state index in [4.69, 9.17) is 5.11 Å². The van der Waals surface area contributed by atoms with Gasteiger partial charge in [-0.25, -0.2) is 8.42 Å². The fourth-order valence-corrected chi connectivity index (χ4v) is 2.27. The molecule has 0 radical (unpaired) electrons. The largest absolute Gasteiger partial charge is 0.481 e. The third-order valence-corrected chi connectivity index (χ3v) is 4.80. The number of carbonyl (C=O) groups excluding carboxylic acids is 1. The van der Waals surface area contributed by atoms with E-state index in [0.717, 1.165) is 0 Å². The predicted octanol–water partition coefficient (Wildman–Crippen LogP) is 1.42. The first-order chi connectivity index (χ1) is 9.58. The number of benzene rings is 1. The molecule has 1 aromatic carbocycles. The lowest BCUT2D eigenvalue weighted by Crippen LogP contribution is -2.28. The van der Waals surface area contributed by atoms with Crippen molar-refractivity contribution in [2.45, 2.75) is 26.2 Å². The van der Waals surface area contributed by atoms with E-state index >= 15 is 0 Å². The fourth-order valence-electron chi connectivity index (χ4n) is 1.59. The van der Waals surface area contributed by atoms with E-state index in [1.54, 1.807) is 38.1 Å². The lowest BCUT2D eigenvalue weighted by molar-refractivity contribution is -0.142. The first-order valence-corrected chi connectivity index (χ1v) is 8.25. The Kier molecular flexibility index (Phi) is 5.11. The number of carbonyl (C=O) groups is 2. The van der Waals surface area contributed by atoms with E-state index in [9.17, 15) is 18.0 Å². The third-order valence-electron chi connectivity index (χ3n) is 3.22. The number of aliphatic carboxylic acids is 1. The summed E-state index contributed by atoms with van der Waals surface area (Å²) in [4.78, 5) is 22.7. The van der Waals surface area contributed by atoms with E-state index in [1.165, 1.54) is 6.92 Å². The number of sulfone groups is 1. The maximum atomic E-state index is 11.6. The maximum Gasteiger partial charge on any atom is 0.313 e. The first kappa shape index (κ1) is 17.2. The molecule has 0 unspecified atom stereocenters. The van der Waals surface area contributed by atoms with E-state index in [0.29, 0.717) is 11.3 Å². The Bertz CT molecular complexity index is 632. The number of nitrogens with one attached hydrogen (secondary N) is 1. The second-order valence-electron chi connectivity index (χ2n) is 5.23. The second kappa shape index (κ2) is 6.26. The van der Waals surface area contributed by atoms with Gasteiger partial charge in [0.05, 0.1) is 5.41 Å². The molecule has 0 spiro atoms. The lowest BCUT2D eigenvalue weighted by atomic mass is 9.85. The first-order valence-electron chi connectivity index (χ1n) is 6.42. The molecule has 0 saturated carbocycles. The van der Waals surface area contributed by atoms with Crippen molar-refractivity contribution in [1.29, 1.82) is 0 Å². The highest BCUT2D eigenvalue weighted by molar-refractivity contribution is 7.92. The fraction of sp³-hybridized carbons (Fsp3) is 0.429. The Hall–Kier alpha value is -1.89. The molecule has 0 saturated heterocycles. The monoisotopic (exact) mass is 313 g/mol. The van der Waals surface area contributed by atoms with Gasteiger partial charge in [0, 0.05) is 11.4 Å². The summed E-state index contributed by atoms with van der Waals surface area (Å²) in [5.74, 6) is -2.21. The van der Waals surface area contributed by atoms with Crippen LogP contribution in [-0.2, 0) is 24.8 Å². The van der Waals surface area contributed by atoms with Gasteiger partial charge in [0.1, 0.15) is 5.75 Å². The smallest absolute Gasteiger partial charge is 0.313 e.